The molecule has 0 fully saturated rings. The van der Waals surface area contributed by atoms with Crippen molar-refractivity contribution in [3.8, 4) is 0 Å². The second-order valence-corrected chi connectivity index (χ2v) is 3.59. The fourth-order valence-corrected chi connectivity index (χ4v) is 1.18. The Morgan fingerprint density at radius 1 is 1.50 bits per heavy atom. The Labute approximate surface area is 83.2 Å². The highest BCUT2D eigenvalue weighted by Crippen LogP contribution is 2.06. The average Bonchev–Trinajstić information content (AvgIpc) is 2.08. The van der Waals surface area contributed by atoms with Gasteiger partial charge in [-0.25, -0.2) is 5.01 Å². The molecule has 0 bridgehead atoms. The Morgan fingerprint density at radius 2 is 2.14 bits per heavy atom. The van der Waals surface area contributed by atoms with Crippen molar-refractivity contribution in [3.63, 3.8) is 0 Å². The molecule has 0 unspecified atom stereocenters. The molecule has 1 aliphatic heterocycles. The number of hydrogen-bond acceptors (Lipinski definition) is 3. The fraction of sp³-hybridized carbons (Fsp3) is 0.667. The van der Waals surface area contributed by atoms with Gasteiger partial charge in [0.2, 0.25) is 5.91 Å². The third-order valence-corrected chi connectivity index (χ3v) is 1.89. The topological polar surface area (TPSA) is 61.8 Å². The minimum absolute atomic E-state index is 0.0499. The number of carbonyl (C=O) groups is 2. The number of amides is 2. The van der Waals surface area contributed by atoms with Gasteiger partial charge in [-0.3, -0.25) is 9.59 Å². The van der Waals surface area contributed by atoms with Gasteiger partial charge in [0.15, 0.2) is 0 Å². The van der Waals surface area contributed by atoms with E-state index in [9.17, 15) is 9.59 Å². The van der Waals surface area contributed by atoms with Crippen molar-refractivity contribution in [3.05, 3.63) is 0 Å². The van der Waals surface area contributed by atoms with Crippen molar-refractivity contribution < 1.29 is 9.59 Å². The van der Waals surface area contributed by atoms with E-state index in [0.717, 1.165) is 0 Å². The Balaban J connectivity index is 2.65. The fourth-order valence-electron chi connectivity index (χ4n) is 1.18. The van der Waals surface area contributed by atoms with E-state index in [2.05, 4.69) is 10.4 Å². The number of rotatable bonds is 2. The van der Waals surface area contributed by atoms with Gasteiger partial charge in [-0.1, -0.05) is 0 Å². The predicted octanol–water partition coefficient (Wildman–Crippen LogP) is 0.119. The molecule has 0 saturated heterocycles. The van der Waals surface area contributed by atoms with E-state index in [1.165, 1.54) is 5.01 Å². The number of hydrogen-bond donors (Lipinski definition) is 1. The Kier molecular flexibility index (Phi) is 3.22. The Morgan fingerprint density at radius 3 is 2.64 bits per heavy atom. The van der Waals surface area contributed by atoms with Gasteiger partial charge < -0.3 is 5.32 Å². The highest BCUT2D eigenvalue weighted by molar-refractivity contribution is 6.39. The summed E-state index contributed by atoms with van der Waals surface area (Å²) in [5.41, 5.74) is 0.431. The van der Waals surface area contributed by atoms with E-state index in [4.69, 9.17) is 0 Å². The molecule has 0 aliphatic carbocycles. The number of carbonyl (C=O) groups excluding carboxylic acids is 2. The molecule has 0 aromatic carbocycles. The summed E-state index contributed by atoms with van der Waals surface area (Å²) in [5, 5.41) is 7.87. The smallest absolute Gasteiger partial charge is 0.267 e. The van der Waals surface area contributed by atoms with Crippen LogP contribution in [0, 0.1) is 0 Å². The third kappa shape index (κ3) is 2.55. The van der Waals surface area contributed by atoms with Crippen molar-refractivity contribution in [2.45, 2.75) is 32.7 Å². The summed E-state index contributed by atoms with van der Waals surface area (Å²) in [6, 6.07) is 0.0909. The van der Waals surface area contributed by atoms with Gasteiger partial charge in [0.25, 0.3) is 5.91 Å². The van der Waals surface area contributed by atoms with Gasteiger partial charge in [0, 0.05) is 25.9 Å². The van der Waals surface area contributed by atoms with Gasteiger partial charge in [0.05, 0.1) is 0 Å². The molecule has 14 heavy (non-hydrogen) atoms. The van der Waals surface area contributed by atoms with Crippen molar-refractivity contribution in [2.24, 2.45) is 5.10 Å². The lowest BCUT2D eigenvalue weighted by molar-refractivity contribution is -0.130. The molecular formula is C9H15N3O2. The molecule has 0 aromatic heterocycles. The predicted molar refractivity (Wildman–Crippen MR) is 52.7 cm³/mol. The van der Waals surface area contributed by atoms with Crippen molar-refractivity contribution in [2.75, 3.05) is 7.05 Å². The third-order valence-electron chi connectivity index (χ3n) is 1.89. The molecule has 5 nitrogen and oxygen atoms in total. The lowest BCUT2D eigenvalue weighted by Gasteiger charge is -2.19. The van der Waals surface area contributed by atoms with Crippen LogP contribution in [-0.2, 0) is 9.59 Å². The summed E-state index contributed by atoms with van der Waals surface area (Å²) in [5.74, 6) is -0.231. The highest BCUT2D eigenvalue weighted by Gasteiger charge is 2.21. The van der Waals surface area contributed by atoms with E-state index < -0.39 is 0 Å². The van der Waals surface area contributed by atoms with Crippen LogP contribution in [0.2, 0.25) is 0 Å². The lowest BCUT2D eigenvalue weighted by atomic mass is 10.1. The van der Waals surface area contributed by atoms with Crippen LogP contribution >= 0.6 is 0 Å². The summed E-state index contributed by atoms with van der Waals surface area (Å²) >= 11 is 0. The summed E-state index contributed by atoms with van der Waals surface area (Å²) in [6.45, 7) is 3.77. The molecular weight excluding hydrogens is 182 g/mol. The van der Waals surface area contributed by atoms with Crippen LogP contribution in [0.5, 0.6) is 0 Å². The summed E-state index contributed by atoms with van der Waals surface area (Å²) in [7, 11) is 1.56. The molecule has 1 rings (SSSR count). The van der Waals surface area contributed by atoms with E-state index in [1.807, 2.05) is 13.8 Å². The second-order valence-electron chi connectivity index (χ2n) is 3.59. The summed E-state index contributed by atoms with van der Waals surface area (Å²) in [4.78, 5) is 22.6. The maximum Gasteiger partial charge on any atom is 0.267 e. The average molecular weight is 197 g/mol. The van der Waals surface area contributed by atoms with Gasteiger partial charge in [-0.2, -0.15) is 5.10 Å². The molecule has 0 radical (unpaired) electrons. The standard InChI is InChI=1S/C9H15N3O2/c1-6(2)10-9(14)7-4-5-8(13)12(3)11-7/h6H,4-5H2,1-3H3,(H,10,14). The molecule has 5 heteroatoms. The largest absolute Gasteiger partial charge is 0.349 e. The zero-order valence-electron chi connectivity index (χ0n) is 8.70. The zero-order valence-corrected chi connectivity index (χ0v) is 8.70. The molecule has 0 spiro atoms. The zero-order chi connectivity index (χ0) is 10.7. The molecule has 0 aromatic rings. The van der Waals surface area contributed by atoms with Crippen LogP contribution in [0.1, 0.15) is 26.7 Å². The quantitative estimate of drug-likeness (QED) is 0.683. The lowest BCUT2D eigenvalue weighted by Crippen LogP contribution is -2.40. The monoisotopic (exact) mass is 197 g/mol. The van der Waals surface area contributed by atoms with Crippen LogP contribution in [0.15, 0.2) is 5.10 Å². The van der Waals surface area contributed by atoms with Crippen LogP contribution in [0.25, 0.3) is 0 Å². The maximum atomic E-state index is 11.5. The highest BCUT2D eigenvalue weighted by atomic mass is 16.2. The normalized spacial score (nSPS) is 17.0. The van der Waals surface area contributed by atoms with Crippen LogP contribution in [0.4, 0.5) is 0 Å². The van der Waals surface area contributed by atoms with E-state index in [-0.39, 0.29) is 17.9 Å². The summed E-state index contributed by atoms with van der Waals surface area (Å²) in [6.07, 6.45) is 0.794. The Bertz CT molecular complexity index is 284. The number of nitrogens with zero attached hydrogens (tertiary/aromatic N) is 2. The number of nitrogens with one attached hydrogen (secondary N) is 1. The first-order valence-corrected chi connectivity index (χ1v) is 4.65. The van der Waals surface area contributed by atoms with Crippen molar-refractivity contribution in [1.82, 2.24) is 10.3 Å². The molecule has 1 heterocycles. The summed E-state index contributed by atoms with van der Waals surface area (Å²) < 4.78 is 0. The van der Waals surface area contributed by atoms with E-state index in [1.54, 1.807) is 7.05 Å². The van der Waals surface area contributed by atoms with E-state index >= 15 is 0 Å². The minimum Gasteiger partial charge on any atom is -0.349 e. The molecule has 78 valence electrons. The van der Waals surface area contributed by atoms with Crippen molar-refractivity contribution in [1.29, 1.82) is 0 Å². The first kappa shape index (κ1) is 10.7. The van der Waals surface area contributed by atoms with Crippen molar-refractivity contribution >= 4 is 17.5 Å². The molecule has 0 atom stereocenters. The first-order valence-electron chi connectivity index (χ1n) is 4.65. The minimum atomic E-state index is -0.181. The first-order chi connectivity index (χ1) is 6.50. The van der Waals surface area contributed by atoms with Gasteiger partial charge in [-0.15, -0.1) is 0 Å². The second kappa shape index (κ2) is 4.21. The maximum absolute atomic E-state index is 11.5. The SMILES string of the molecule is CC(C)NC(=O)C1=NN(C)C(=O)CC1. The Hall–Kier alpha value is -1.39. The molecule has 1 N–H and O–H groups in total. The van der Waals surface area contributed by atoms with Gasteiger partial charge >= 0.3 is 0 Å². The van der Waals surface area contributed by atoms with Gasteiger partial charge in [0.1, 0.15) is 5.71 Å². The van der Waals surface area contributed by atoms with Crippen LogP contribution < -0.4 is 5.32 Å². The van der Waals surface area contributed by atoms with E-state index in [0.29, 0.717) is 18.6 Å². The number of hydrazone groups is 1. The van der Waals surface area contributed by atoms with Gasteiger partial charge in [-0.05, 0) is 13.8 Å². The molecule has 1 aliphatic rings. The van der Waals surface area contributed by atoms with Crippen LogP contribution in [-0.4, -0.2) is 35.6 Å². The molecule has 2 amide bonds. The van der Waals surface area contributed by atoms with Crippen LogP contribution in [0.3, 0.4) is 0 Å². The molecule has 0 saturated carbocycles.